The van der Waals surface area contributed by atoms with E-state index in [0.717, 1.165) is 0 Å². The van der Waals surface area contributed by atoms with E-state index in [0.29, 0.717) is 78.5 Å². The lowest BCUT2D eigenvalue weighted by Gasteiger charge is -2.30. The van der Waals surface area contributed by atoms with Crippen LogP contribution in [-0.2, 0) is 0 Å². The van der Waals surface area contributed by atoms with E-state index < -0.39 is 24.4 Å². The molecule has 0 aromatic rings. The molecule has 0 bridgehead atoms. The van der Waals surface area contributed by atoms with Crippen molar-refractivity contribution in [3.8, 4) is 0 Å². The van der Waals surface area contributed by atoms with Crippen LogP contribution in [0.1, 0.15) is 27.7 Å². The molecule has 0 saturated heterocycles. The van der Waals surface area contributed by atoms with Gasteiger partial charge in [0, 0.05) is 78.5 Å². The summed E-state index contributed by atoms with van der Waals surface area (Å²) >= 11 is 0. The third-order valence-corrected chi connectivity index (χ3v) is 5.22. The zero-order valence-electron chi connectivity index (χ0n) is 23.0. The predicted octanol–water partition coefficient (Wildman–Crippen LogP) is -3.33. The third-order valence-electron chi connectivity index (χ3n) is 5.22. The molecule has 8 N–H and O–H groups in total. The first kappa shape index (κ1) is 37.7. The molecular weight excluding hydrogens is 472 g/mol. The Kier molecular flexibility index (Phi) is 26.0. The SMILES string of the molecule is CC(O)CN(CCN(CC(C)O)CC(C)O)CC(C)O.OCCN(CCO)CCN(CCO)CCO. The highest BCUT2D eigenvalue weighted by Crippen LogP contribution is 2.00. The maximum atomic E-state index is 9.47. The van der Waals surface area contributed by atoms with Gasteiger partial charge in [0.25, 0.3) is 0 Å². The van der Waals surface area contributed by atoms with Crippen molar-refractivity contribution in [1.29, 1.82) is 0 Å². The molecule has 0 aliphatic rings. The molecule has 36 heavy (non-hydrogen) atoms. The lowest BCUT2D eigenvalue weighted by molar-refractivity contribution is 0.0542. The second kappa shape index (κ2) is 24.8. The maximum absolute atomic E-state index is 9.47. The van der Waals surface area contributed by atoms with Gasteiger partial charge in [0.15, 0.2) is 0 Å². The Morgan fingerprint density at radius 1 is 0.361 bits per heavy atom. The maximum Gasteiger partial charge on any atom is 0.0639 e. The van der Waals surface area contributed by atoms with Crippen LogP contribution in [0.15, 0.2) is 0 Å². The monoisotopic (exact) mass is 528 g/mol. The van der Waals surface area contributed by atoms with Crippen molar-refractivity contribution in [3.63, 3.8) is 0 Å². The summed E-state index contributed by atoms with van der Waals surface area (Å²) in [5.41, 5.74) is 0. The minimum atomic E-state index is -0.448. The van der Waals surface area contributed by atoms with Crippen LogP contribution in [-0.4, -0.2) is 190 Å². The van der Waals surface area contributed by atoms with Gasteiger partial charge in [0.05, 0.1) is 50.8 Å². The lowest BCUT2D eigenvalue weighted by Crippen LogP contribution is -2.44. The quantitative estimate of drug-likeness (QED) is 0.0703. The van der Waals surface area contributed by atoms with Gasteiger partial charge >= 0.3 is 0 Å². The van der Waals surface area contributed by atoms with Crippen molar-refractivity contribution in [2.75, 3.05) is 105 Å². The third kappa shape index (κ3) is 25.2. The predicted molar refractivity (Wildman–Crippen MR) is 141 cm³/mol. The van der Waals surface area contributed by atoms with E-state index in [-0.39, 0.29) is 26.4 Å². The fourth-order valence-corrected chi connectivity index (χ4v) is 3.81. The van der Waals surface area contributed by atoms with Crippen molar-refractivity contribution in [3.05, 3.63) is 0 Å². The van der Waals surface area contributed by atoms with Crippen LogP contribution in [0.4, 0.5) is 0 Å². The van der Waals surface area contributed by atoms with Gasteiger partial charge in [-0.25, -0.2) is 0 Å². The Balaban J connectivity index is 0. The van der Waals surface area contributed by atoms with Gasteiger partial charge < -0.3 is 40.9 Å². The average Bonchev–Trinajstić information content (AvgIpc) is 2.75. The number of rotatable bonds is 22. The van der Waals surface area contributed by atoms with Crippen LogP contribution in [0.3, 0.4) is 0 Å². The summed E-state index contributed by atoms with van der Waals surface area (Å²) in [6, 6.07) is 0. The first-order valence-electron chi connectivity index (χ1n) is 13.0. The first-order valence-corrected chi connectivity index (χ1v) is 13.0. The van der Waals surface area contributed by atoms with E-state index in [2.05, 4.69) is 0 Å². The number of nitrogens with zero attached hydrogens (tertiary/aromatic N) is 4. The van der Waals surface area contributed by atoms with Crippen molar-refractivity contribution < 1.29 is 40.9 Å². The minimum absolute atomic E-state index is 0.0694. The average molecular weight is 529 g/mol. The van der Waals surface area contributed by atoms with Crippen molar-refractivity contribution in [2.45, 2.75) is 52.1 Å². The highest BCUT2D eigenvalue weighted by atomic mass is 16.3. The Labute approximate surface area is 218 Å². The van der Waals surface area contributed by atoms with E-state index >= 15 is 0 Å². The molecule has 0 radical (unpaired) electrons. The molecule has 0 spiro atoms. The van der Waals surface area contributed by atoms with Crippen LogP contribution in [0.2, 0.25) is 0 Å². The van der Waals surface area contributed by atoms with Crippen LogP contribution < -0.4 is 0 Å². The summed E-state index contributed by atoms with van der Waals surface area (Å²) < 4.78 is 0. The van der Waals surface area contributed by atoms with Gasteiger partial charge in [-0.05, 0) is 27.7 Å². The second-order valence-corrected chi connectivity index (χ2v) is 9.49. The molecule has 12 nitrogen and oxygen atoms in total. The Bertz CT molecular complexity index is 390. The molecule has 0 fully saturated rings. The van der Waals surface area contributed by atoms with Gasteiger partial charge in [-0.15, -0.1) is 0 Å². The Morgan fingerprint density at radius 3 is 0.722 bits per heavy atom. The van der Waals surface area contributed by atoms with Crippen molar-refractivity contribution in [1.82, 2.24) is 19.6 Å². The Hall–Kier alpha value is -0.480. The molecule has 0 aliphatic heterocycles. The van der Waals surface area contributed by atoms with E-state index in [9.17, 15) is 20.4 Å². The minimum Gasteiger partial charge on any atom is -0.395 e. The fraction of sp³-hybridized carbons (Fsp3) is 1.00. The lowest BCUT2D eigenvalue weighted by atomic mass is 10.2. The van der Waals surface area contributed by atoms with E-state index in [4.69, 9.17) is 20.4 Å². The second-order valence-electron chi connectivity index (χ2n) is 9.49. The molecule has 0 aromatic carbocycles. The zero-order chi connectivity index (χ0) is 27.9. The van der Waals surface area contributed by atoms with E-state index in [1.165, 1.54) is 0 Å². The number of hydrogen-bond donors (Lipinski definition) is 8. The number of aliphatic hydroxyl groups excluding tert-OH is 8. The van der Waals surface area contributed by atoms with Crippen LogP contribution in [0.25, 0.3) is 0 Å². The molecule has 0 aromatic heterocycles. The summed E-state index contributed by atoms with van der Waals surface area (Å²) in [5.74, 6) is 0. The summed E-state index contributed by atoms with van der Waals surface area (Å²) in [7, 11) is 0. The number of hydrogen-bond acceptors (Lipinski definition) is 12. The molecule has 0 heterocycles. The topological polar surface area (TPSA) is 175 Å². The molecule has 4 unspecified atom stereocenters. The molecule has 4 atom stereocenters. The largest absolute Gasteiger partial charge is 0.395 e. The smallest absolute Gasteiger partial charge is 0.0639 e. The fourth-order valence-electron chi connectivity index (χ4n) is 3.81. The van der Waals surface area contributed by atoms with Crippen LogP contribution in [0, 0.1) is 0 Å². The summed E-state index contributed by atoms with van der Waals surface area (Å²) in [6.45, 7) is 14.1. The van der Waals surface area contributed by atoms with Crippen molar-refractivity contribution in [2.24, 2.45) is 0 Å². The summed E-state index contributed by atoms with van der Waals surface area (Å²) in [5, 5.41) is 73.2. The molecule has 0 amide bonds. The van der Waals surface area contributed by atoms with Crippen LogP contribution >= 0.6 is 0 Å². The molecule has 0 aliphatic carbocycles. The van der Waals surface area contributed by atoms with E-state index in [1.54, 1.807) is 27.7 Å². The van der Waals surface area contributed by atoms with Crippen LogP contribution in [0.5, 0.6) is 0 Å². The molecular formula is C24H56N4O8. The highest BCUT2D eigenvalue weighted by molar-refractivity contribution is 4.70. The first-order chi connectivity index (χ1) is 17.0. The van der Waals surface area contributed by atoms with Gasteiger partial charge in [-0.2, -0.15) is 0 Å². The summed E-state index contributed by atoms with van der Waals surface area (Å²) in [4.78, 5) is 7.88. The van der Waals surface area contributed by atoms with Gasteiger partial charge in [-0.1, -0.05) is 0 Å². The van der Waals surface area contributed by atoms with Gasteiger partial charge in [0.1, 0.15) is 0 Å². The Morgan fingerprint density at radius 2 is 0.556 bits per heavy atom. The highest BCUT2D eigenvalue weighted by Gasteiger charge is 2.15. The van der Waals surface area contributed by atoms with E-state index in [1.807, 2.05) is 19.6 Å². The van der Waals surface area contributed by atoms with Gasteiger partial charge in [0.2, 0.25) is 0 Å². The molecule has 220 valence electrons. The van der Waals surface area contributed by atoms with Gasteiger partial charge in [-0.3, -0.25) is 19.6 Å². The standard InChI is InChI=1S/C14H32N2O4.C10H24N2O4/c1-11(17)7-15(8-12(2)18)5-6-16(9-13(3)19)10-14(4)20;13-7-3-11(4-8-14)1-2-12(5-9-15)6-10-16/h11-14,17-20H,5-10H2,1-4H3;13-16H,1-10H2. The molecule has 12 heteroatoms. The summed E-state index contributed by atoms with van der Waals surface area (Å²) in [6.07, 6.45) is -1.79. The normalized spacial score (nSPS) is 15.3. The number of aliphatic hydroxyl groups is 8. The zero-order valence-corrected chi connectivity index (χ0v) is 23.0. The van der Waals surface area contributed by atoms with Crippen molar-refractivity contribution >= 4 is 0 Å². The molecule has 0 saturated carbocycles. The molecule has 0 rings (SSSR count).